The third-order valence-electron chi connectivity index (χ3n) is 5.22. The van der Waals surface area contributed by atoms with Gasteiger partial charge in [-0.3, -0.25) is 4.98 Å². The molecule has 6 heteroatoms. The normalized spacial score (nSPS) is 10.4. The van der Waals surface area contributed by atoms with Crippen LogP contribution in [0.5, 0.6) is 5.75 Å². The van der Waals surface area contributed by atoms with Crippen molar-refractivity contribution in [1.29, 1.82) is 0 Å². The molecule has 5 nitrogen and oxygen atoms in total. The van der Waals surface area contributed by atoms with Gasteiger partial charge in [-0.1, -0.05) is 48.5 Å². The Morgan fingerprint density at radius 2 is 1.41 bits per heavy atom. The number of fused-ring (bicyclic) bond motifs is 2. The zero-order chi connectivity index (χ0) is 22.6. The summed E-state index contributed by atoms with van der Waals surface area (Å²) in [4.78, 5) is 6.08. The van der Waals surface area contributed by atoms with Gasteiger partial charge in [0, 0.05) is 20.1 Å². The third kappa shape index (κ3) is 5.04. The number of phenols is 1. The summed E-state index contributed by atoms with van der Waals surface area (Å²) in [6, 6.07) is 36.3. The number of para-hydroxylation sites is 1. The molecule has 0 fully saturated rings. The first-order valence-electron chi connectivity index (χ1n) is 10.6. The van der Waals surface area contributed by atoms with Gasteiger partial charge in [0.25, 0.3) is 0 Å². The smallest absolute Gasteiger partial charge is 0.143 e. The molecule has 1 radical (unpaired) electrons. The summed E-state index contributed by atoms with van der Waals surface area (Å²) < 4.78 is 0. The van der Waals surface area contributed by atoms with E-state index in [4.69, 9.17) is 0 Å². The van der Waals surface area contributed by atoms with Crippen molar-refractivity contribution in [3.05, 3.63) is 115 Å². The van der Waals surface area contributed by atoms with Crippen LogP contribution in [0.1, 0.15) is 5.56 Å². The zero-order valence-electron chi connectivity index (χ0n) is 18.4. The molecule has 2 aromatic heterocycles. The largest absolute Gasteiger partial charge is 0.506 e. The fraction of sp³-hybridized carbons (Fsp3) is 0.0357. The number of nitrogens with zero attached hydrogens (tertiary/aromatic N) is 4. The van der Waals surface area contributed by atoms with Gasteiger partial charge in [-0.25, -0.2) is 0 Å². The molecule has 2 heterocycles. The van der Waals surface area contributed by atoms with E-state index in [1.54, 1.807) is 6.07 Å². The Bertz CT molecular complexity index is 1510. The molecule has 6 aromatic rings. The molecule has 0 atom stereocenters. The fourth-order valence-corrected chi connectivity index (χ4v) is 3.53. The van der Waals surface area contributed by atoms with Gasteiger partial charge in [-0.2, -0.15) is 0 Å². The van der Waals surface area contributed by atoms with Crippen LogP contribution in [0, 0.1) is 13.0 Å². The summed E-state index contributed by atoms with van der Waals surface area (Å²) in [5.41, 5.74) is 6.31. The first-order valence-corrected chi connectivity index (χ1v) is 10.6. The Balaban J connectivity index is 0.000000157. The van der Waals surface area contributed by atoms with Gasteiger partial charge < -0.3 is 5.11 Å². The summed E-state index contributed by atoms with van der Waals surface area (Å²) >= 11 is 0. The van der Waals surface area contributed by atoms with E-state index in [2.05, 4.69) is 33.4 Å². The molecule has 0 bridgehead atoms. The fourth-order valence-electron chi connectivity index (χ4n) is 3.53. The van der Waals surface area contributed by atoms with Crippen LogP contribution in [0.4, 0.5) is 0 Å². The molecule has 0 unspecified atom stereocenters. The van der Waals surface area contributed by atoms with Gasteiger partial charge in [-0.05, 0) is 53.9 Å². The number of benzene rings is 4. The van der Waals surface area contributed by atoms with E-state index in [9.17, 15) is 5.11 Å². The van der Waals surface area contributed by atoms with Gasteiger partial charge in [-0.15, -0.1) is 50.9 Å². The summed E-state index contributed by atoms with van der Waals surface area (Å²) in [6.07, 6.45) is 0. The van der Waals surface area contributed by atoms with Crippen molar-refractivity contribution in [2.75, 3.05) is 0 Å². The van der Waals surface area contributed by atoms with Crippen molar-refractivity contribution in [2.24, 2.45) is 0 Å². The molecule has 0 aliphatic rings. The molecule has 0 saturated carbocycles. The van der Waals surface area contributed by atoms with Crippen molar-refractivity contribution < 1.29 is 25.2 Å². The maximum absolute atomic E-state index is 9.81. The Hall–Kier alpha value is -3.86. The topological polar surface area (TPSA) is 63.8 Å². The average molecular weight is 622 g/mol. The van der Waals surface area contributed by atoms with Crippen molar-refractivity contribution in [3.63, 3.8) is 0 Å². The standard InChI is InChI=1S/C15H10N.C13H11N3O.Ir/c1-2-6-12(7-3-1)15-11-10-13-8-4-5-9-14(13)16-15;1-9-6-7-13(17)12(8-9)16-14-10-4-2-3-5-11(10)15-16;/h1-6,8-11H;2-8,17H,1H3;/q-1;;. The van der Waals surface area contributed by atoms with Crippen LogP contribution < -0.4 is 0 Å². The molecule has 4 aromatic carbocycles. The molecular formula is C28H21IrN4O-. The average Bonchev–Trinajstić information content (AvgIpc) is 3.30. The minimum atomic E-state index is 0. The van der Waals surface area contributed by atoms with Crippen LogP contribution in [0.2, 0.25) is 0 Å². The number of hydrogen-bond acceptors (Lipinski definition) is 4. The second-order valence-corrected chi connectivity index (χ2v) is 7.64. The first kappa shape index (κ1) is 23.3. The van der Waals surface area contributed by atoms with E-state index < -0.39 is 0 Å². The van der Waals surface area contributed by atoms with Crippen LogP contribution in [0.15, 0.2) is 103 Å². The van der Waals surface area contributed by atoms with Crippen molar-refractivity contribution in [2.45, 2.75) is 6.92 Å². The summed E-state index contributed by atoms with van der Waals surface area (Å²) in [7, 11) is 0. The van der Waals surface area contributed by atoms with E-state index in [-0.39, 0.29) is 25.9 Å². The first-order chi connectivity index (χ1) is 16.2. The Morgan fingerprint density at radius 1 is 0.735 bits per heavy atom. The number of aromatic hydroxyl groups is 1. The van der Waals surface area contributed by atoms with Crippen molar-refractivity contribution >= 4 is 21.9 Å². The van der Waals surface area contributed by atoms with E-state index in [1.807, 2.05) is 91.9 Å². The van der Waals surface area contributed by atoms with Crippen LogP contribution >= 0.6 is 0 Å². The predicted molar refractivity (Wildman–Crippen MR) is 131 cm³/mol. The van der Waals surface area contributed by atoms with Crippen LogP contribution in [0.25, 0.3) is 38.9 Å². The molecular weight excluding hydrogens is 601 g/mol. The minimum Gasteiger partial charge on any atom is -0.506 e. The number of phenolic OH excluding ortho intramolecular Hbond substituents is 1. The number of aryl methyl sites for hydroxylation is 1. The molecule has 0 saturated heterocycles. The predicted octanol–water partition coefficient (Wildman–Crippen LogP) is 6.13. The number of hydrogen-bond donors (Lipinski definition) is 1. The van der Waals surface area contributed by atoms with E-state index in [0.717, 1.165) is 33.4 Å². The molecule has 169 valence electrons. The van der Waals surface area contributed by atoms with E-state index in [0.29, 0.717) is 5.69 Å². The molecule has 0 aliphatic heterocycles. The maximum Gasteiger partial charge on any atom is 0.143 e. The van der Waals surface area contributed by atoms with Gasteiger partial charge in [0.2, 0.25) is 0 Å². The van der Waals surface area contributed by atoms with Crippen LogP contribution in [-0.4, -0.2) is 25.1 Å². The summed E-state index contributed by atoms with van der Waals surface area (Å²) in [5.74, 6) is 0.177. The molecule has 0 aliphatic carbocycles. The Kier molecular flexibility index (Phi) is 7.12. The molecule has 34 heavy (non-hydrogen) atoms. The third-order valence-corrected chi connectivity index (χ3v) is 5.22. The molecule has 0 amide bonds. The van der Waals surface area contributed by atoms with Crippen LogP contribution in [-0.2, 0) is 20.1 Å². The van der Waals surface area contributed by atoms with Crippen LogP contribution in [0.3, 0.4) is 0 Å². The Labute approximate surface area is 211 Å². The molecule has 0 spiro atoms. The molecule has 1 N–H and O–H groups in total. The summed E-state index contributed by atoms with van der Waals surface area (Å²) in [5, 5.41) is 19.6. The maximum atomic E-state index is 9.81. The van der Waals surface area contributed by atoms with Gasteiger partial charge in [0.1, 0.15) is 22.5 Å². The minimum absolute atomic E-state index is 0. The SMILES string of the molecule is Cc1ccc(O)c(-n2nc3ccccc3n2)c1.[Ir].[c-]1ccccc1-c1ccc2ccccc2n1. The zero-order valence-corrected chi connectivity index (χ0v) is 20.8. The van der Waals surface area contributed by atoms with Gasteiger partial charge in [0.15, 0.2) is 0 Å². The monoisotopic (exact) mass is 622 g/mol. The van der Waals surface area contributed by atoms with E-state index in [1.165, 1.54) is 10.2 Å². The van der Waals surface area contributed by atoms with Gasteiger partial charge >= 0.3 is 0 Å². The Morgan fingerprint density at radius 3 is 2.12 bits per heavy atom. The van der Waals surface area contributed by atoms with Crippen molar-refractivity contribution in [3.8, 4) is 22.7 Å². The number of rotatable bonds is 2. The van der Waals surface area contributed by atoms with Crippen molar-refractivity contribution in [1.82, 2.24) is 20.0 Å². The summed E-state index contributed by atoms with van der Waals surface area (Å²) in [6.45, 7) is 1.96. The van der Waals surface area contributed by atoms with E-state index >= 15 is 0 Å². The molecule has 6 rings (SSSR count). The second kappa shape index (κ2) is 10.4. The quantitative estimate of drug-likeness (QED) is 0.236. The number of pyridine rings is 1. The second-order valence-electron chi connectivity index (χ2n) is 7.64. The number of aromatic nitrogens is 4. The van der Waals surface area contributed by atoms with Gasteiger partial charge in [0.05, 0.1) is 5.52 Å².